The Balaban J connectivity index is 2.11. The molecule has 1 atom stereocenters. The van der Waals surface area contributed by atoms with Crippen molar-refractivity contribution in [1.29, 1.82) is 0 Å². The third kappa shape index (κ3) is 2.99. The summed E-state index contributed by atoms with van der Waals surface area (Å²) in [5, 5.41) is 16.5. The van der Waals surface area contributed by atoms with Crippen molar-refractivity contribution in [1.82, 2.24) is 10.4 Å². The number of nitrogens with one attached hydrogen (secondary N) is 1. The summed E-state index contributed by atoms with van der Waals surface area (Å²) >= 11 is 0. The number of nitrogens with zero attached hydrogens (tertiary/aromatic N) is 3. The summed E-state index contributed by atoms with van der Waals surface area (Å²) in [7, 11) is 0. The zero-order valence-electron chi connectivity index (χ0n) is 9.41. The van der Waals surface area contributed by atoms with Crippen LogP contribution in [-0.2, 0) is 6.54 Å². The Morgan fingerprint density at radius 2 is 2.24 bits per heavy atom. The largest absolute Gasteiger partial charge is 0.383 e. The topological polar surface area (TPSA) is 87.4 Å². The lowest BCUT2D eigenvalue weighted by Gasteiger charge is -2.12. The van der Waals surface area contributed by atoms with E-state index in [9.17, 15) is 10.1 Å². The molecular weight excluding hydrogens is 222 g/mol. The SMILES string of the molecule is CC1NN(Cc2ccccc2)/C(=N/[N+](=O)[O-])[NH2+]1. The first kappa shape index (κ1) is 11.5. The van der Waals surface area contributed by atoms with Crippen molar-refractivity contribution in [3.05, 3.63) is 46.0 Å². The number of hydrazine groups is 1. The van der Waals surface area contributed by atoms with E-state index in [2.05, 4.69) is 10.5 Å². The Labute approximate surface area is 98.2 Å². The number of guanidine groups is 1. The number of nitro groups is 1. The van der Waals surface area contributed by atoms with Gasteiger partial charge in [-0.2, -0.15) is 5.43 Å². The van der Waals surface area contributed by atoms with Crippen LogP contribution in [0.15, 0.2) is 35.4 Å². The molecule has 7 heteroatoms. The molecule has 0 radical (unpaired) electrons. The van der Waals surface area contributed by atoms with Gasteiger partial charge in [-0.25, -0.2) is 15.1 Å². The molecule has 1 heterocycles. The number of rotatable bonds is 3. The standard InChI is InChI=1S/C10H13N5O2/c1-8-11-10(13-15(16)17)14(12-8)7-9-5-3-2-4-6-9/h2-6,8,12H,7H2,1H3,(H,11,13)/p+1. The zero-order chi connectivity index (χ0) is 12.3. The Morgan fingerprint density at radius 3 is 2.88 bits per heavy atom. The molecule has 1 aromatic rings. The Morgan fingerprint density at radius 1 is 1.53 bits per heavy atom. The van der Waals surface area contributed by atoms with Crippen molar-refractivity contribution >= 4 is 5.96 Å². The van der Waals surface area contributed by atoms with Gasteiger partial charge in [0, 0.05) is 6.92 Å². The average Bonchev–Trinajstić information content (AvgIpc) is 2.59. The number of hydrogen-bond acceptors (Lipinski definition) is 3. The van der Waals surface area contributed by atoms with Crippen LogP contribution in [0, 0.1) is 10.1 Å². The van der Waals surface area contributed by atoms with Crippen molar-refractivity contribution in [3.63, 3.8) is 0 Å². The molecule has 0 aromatic heterocycles. The smallest absolute Gasteiger partial charge is 0.260 e. The van der Waals surface area contributed by atoms with E-state index in [0.29, 0.717) is 12.5 Å². The molecular formula is C10H14N5O2+. The van der Waals surface area contributed by atoms with Gasteiger partial charge in [-0.3, -0.25) is 5.32 Å². The molecule has 0 spiro atoms. The summed E-state index contributed by atoms with van der Waals surface area (Å²) in [6.07, 6.45) is 0.0532. The van der Waals surface area contributed by atoms with Crippen LogP contribution in [0.5, 0.6) is 0 Å². The predicted molar refractivity (Wildman–Crippen MR) is 60.9 cm³/mol. The minimum absolute atomic E-state index is 0.0532. The van der Waals surface area contributed by atoms with Gasteiger partial charge in [-0.05, 0) is 5.56 Å². The molecule has 1 fully saturated rings. The number of quaternary nitrogens is 1. The molecule has 1 saturated heterocycles. The van der Waals surface area contributed by atoms with Gasteiger partial charge in [0.1, 0.15) is 5.10 Å². The lowest BCUT2D eigenvalue weighted by molar-refractivity contribution is -0.583. The molecule has 0 aliphatic carbocycles. The van der Waals surface area contributed by atoms with Crippen LogP contribution < -0.4 is 10.7 Å². The van der Waals surface area contributed by atoms with E-state index < -0.39 is 5.03 Å². The summed E-state index contributed by atoms with van der Waals surface area (Å²) in [6.45, 7) is 2.47. The zero-order valence-corrected chi connectivity index (χ0v) is 9.41. The minimum Gasteiger partial charge on any atom is -0.260 e. The van der Waals surface area contributed by atoms with Crippen LogP contribution in [0.1, 0.15) is 12.5 Å². The number of benzene rings is 1. The highest BCUT2D eigenvalue weighted by molar-refractivity contribution is 5.70. The summed E-state index contributed by atoms with van der Waals surface area (Å²) < 4.78 is 0. The molecule has 0 amide bonds. The molecule has 0 bridgehead atoms. The molecule has 1 aliphatic rings. The van der Waals surface area contributed by atoms with Gasteiger partial charge in [-0.15, -0.1) is 0 Å². The molecule has 1 aliphatic heterocycles. The molecule has 7 nitrogen and oxygen atoms in total. The Kier molecular flexibility index (Phi) is 3.31. The van der Waals surface area contributed by atoms with E-state index in [1.54, 1.807) is 10.3 Å². The molecule has 2 rings (SSSR count). The fourth-order valence-corrected chi connectivity index (χ4v) is 1.73. The second-order valence-electron chi connectivity index (χ2n) is 3.85. The van der Waals surface area contributed by atoms with Crippen LogP contribution in [0.3, 0.4) is 0 Å². The lowest BCUT2D eigenvalue weighted by atomic mass is 10.2. The third-order valence-corrected chi connectivity index (χ3v) is 2.40. The summed E-state index contributed by atoms with van der Waals surface area (Å²) in [5.74, 6) is 0.353. The quantitative estimate of drug-likeness (QED) is 0.545. The summed E-state index contributed by atoms with van der Waals surface area (Å²) in [5.41, 5.74) is 4.17. The van der Waals surface area contributed by atoms with Crippen molar-refractivity contribution in [2.75, 3.05) is 0 Å². The first-order chi connectivity index (χ1) is 8.15. The molecule has 1 aromatic carbocycles. The maximum absolute atomic E-state index is 10.4. The van der Waals surface area contributed by atoms with Crippen LogP contribution in [0.2, 0.25) is 0 Å². The monoisotopic (exact) mass is 236 g/mol. The maximum Gasteiger partial charge on any atom is 0.383 e. The van der Waals surface area contributed by atoms with Gasteiger partial charge >= 0.3 is 5.96 Å². The molecule has 1 unspecified atom stereocenters. The van der Waals surface area contributed by atoms with Gasteiger partial charge in [0.25, 0.3) is 0 Å². The van der Waals surface area contributed by atoms with Gasteiger partial charge in [0.2, 0.25) is 0 Å². The second-order valence-corrected chi connectivity index (χ2v) is 3.85. The molecule has 90 valence electrons. The van der Waals surface area contributed by atoms with E-state index >= 15 is 0 Å². The van der Waals surface area contributed by atoms with E-state index in [0.717, 1.165) is 5.56 Å². The third-order valence-electron chi connectivity index (χ3n) is 2.40. The van der Waals surface area contributed by atoms with Crippen molar-refractivity contribution in [2.45, 2.75) is 19.6 Å². The van der Waals surface area contributed by atoms with Crippen molar-refractivity contribution < 1.29 is 10.3 Å². The van der Waals surface area contributed by atoms with Crippen molar-refractivity contribution in [2.24, 2.45) is 5.10 Å². The average molecular weight is 236 g/mol. The lowest BCUT2D eigenvalue weighted by Crippen LogP contribution is -2.91. The molecule has 3 N–H and O–H groups in total. The minimum atomic E-state index is -0.677. The Bertz CT molecular complexity index is 434. The van der Waals surface area contributed by atoms with Crippen LogP contribution >= 0.6 is 0 Å². The fourth-order valence-electron chi connectivity index (χ4n) is 1.73. The highest BCUT2D eigenvalue weighted by Gasteiger charge is 2.31. The van der Waals surface area contributed by atoms with Gasteiger partial charge in [-0.1, -0.05) is 30.3 Å². The van der Waals surface area contributed by atoms with Gasteiger partial charge < -0.3 is 0 Å². The van der Waals surface area contributed by atoms with E-state index in [1.807, 2.05) is 37.3 Å². The van der Waals surface area contributed by atoms with Gasteiger partial charge in [0.15, 0.2) is 11.2 Å². The van der Waals surface area contributed by atoms with Crippen LogP contribution in [-0.4, -0.2) is 22.2 Å². The van der Waals surface area contributed by atoms with Crippen LogP contribution in [0.4, 0.5) is 0 Å². The second kappa shape index (κ2) is 4.89. The first-order valence-corrected chi connectivity index (χ1v) is 5.30. The fraction of sp³-hybridized carbons (Fsp3) is 0.300. The number of hydrazone groups is 1. The normalized spacial score (nSPS) is 22.1. The molecule has 0 saturated carbocycles. The number of nitrogens with two attached hydrogens (primary N) is 1. The summed E-state index contributed by atoms with van der Waals surface area (Å²) in [4.78, 5) is 10.4. The van der Waals surface area contributed by atoms with Crippen molar-refractivity contribution in [3.8, 4) is 0 Å². The number of hydrogen-bond donors (Lipinski definition) is 2. The van der Waals surface area contributed by atoms with Crippen LogP contribution in [0.25, 0.3) is 0 Å². The predicted octanol–water partition coefficient (Wildman–Crippen LogP) is -0.536. The summed E-state index contributed by atoms with van der Waals surface area (Å²) in [6, 6.07) is 9.73. The maximum atomic E-state index is 10.4. The van der Waals surface area contributed by atoms with E-state index in [1.165, 1.54) is 0 Å². The Hall–Kier alpha value is -1.99. The first-order valence-electron chi connectivity index (χ1n) is 5.30. The highest BCUT2D eigenvalue weighted by Crippen LogP contribution is 2.03. The van der Waals surface area contributed by atoms with E-state index in [-0.39, 0.29) is 6.17 Å². The molecule has 17 heavy (non-hydrogen) atoms. The van der Waals surface area contributed by atoms with E-state index in [4.69, 9.17) is 0 Å². The van der Waals surface area contributed by atoms with Gasteiger partial charge in [0.05, 0.1) is 6.54 Å². The highest BCUT2D eigenvalue weighted by atomic mass is 16.7.